The molecule has 0 aliphatic carbocycles. The van der Waals surface area contributed by atoms with E-state index in [1.54, 1.807) is 6.07 Å². The molecule has 0 aromatic carbocycles. The van der Waals surface area contributed by atoms with Gasteiger partial charge in [-0.1, -0.05) is 0 Å². The molecule has 17 heavy (non-hydrogen) atoms. The van der Waals surface area contributed by atoms with Gasteiger partial charge in [0, 0.05) is 19.7 Å². The van der Waals surface area contributed by atoms with Crippen molar-refractivity contribution in [3.8, 4) is 0 Å². The number of ether oxygens (including phenoxy) is 1. The Kier molecular flexibility index (Phi) is 5.11. The maximum Gasteiger partial charge on any atom is 0.158 e. The molecule has 0 spiro atoms. The lowest BCUT2D eigenvalue weighted by Gasteiger charge is -2.24. The Morgan fingerprint density at radius 1 is 1.53 bits per heavy atom. The number of anilines is 2. The summed E-state index contributed by atoms with van der Waals surface area (Å²) in [5.41, 5.74) is 5.71. The average molecular weight is 240 g/mol. The normalized spacial score (nSPS) is 12.5. The molecule has 1 heterocycles. The molecule has 6 nitrogen and oxygen atoms in total. The fraction of sp³-hybridized carbons (Fsp3) is 0.636. The van der Waals surface area contributed by atoms with E-state index in [1.807, 2.05) is 25.8 Å². The van der Waals surface area contributed by atoms with Gasteiger partial charge in [-0.05, 0) is 13.8 Å². The van der Waals surface area contributed by atoms with E-state index in [0.29, 0.717) is 30.7 Å². The second-order valence-electron chi connectivity index (χ2n) is 3.85. The van der Waals surface area contributed by atoms with Gasteiger partial charge in [-0.3, -0.25) is 0 Å². The molecule has 0 aliphatic heterocycles. The van der Waals surface area contributed by atoms with Gasteiger partial charge in [0.2, 0.25) is 0 Å². The first-order valence-corrected chi connectivity index (χ1v) is 5.63. The van der Waals surface area contributed by atoms with E-state index in [0.717, 1.165) is 0 Å². The zero-order valence-corrected chi connectivity index (χ0v) is 10.6. The van der Waals surface area contributed by atoms with E-state index < -0.39 is 0 Å². The maximum absolute atomic E-state index is 9.11. The van der Waals surface area contributed by atoms with E-state index in [9.17, 15) is 0 Å². The highest BCUT2D eigenvalue weighted by atomic mass is 16.5. The topological polar surface area (TPSA) is 84.5 Å². The quantitative estimate of drug-likeness (QED) is 0.749. The lowest BCUT2D eigenvalue weighted by Crippen LogP contribution is -2.32. The van der Waals surface area contributed by atoms with Gasteiger partial charge in [-0.25, -0.2) is 9.97 Å². The van der Waals surface area contributed by atoms with E-state index in [1.165, 1.54) is 0 Å². The summed E-state index contributed by atoms with van der Waals surface area (Å²) in [6, 6.07) is 1.66. The minimum Gasteiger partial charge on any atom is -0.394 e. The Morgan fingerprint density at radius 2 is 2.24 bits per heavy atom. The van der Waals surface area contributed by atoms with E-state index in [4.69, 9.17) is 15.6 Å². The van der Waals surface area contributed by atoms with Gasteiger partial charge in [-0.15, -0.1) is 0 Å². The summed E-state index contributed by atoms with van der Waals surface area (Å²) in [7, 11) is 1.85. The van der Waals surface area contributed by atoms with Gasteiger partial charge in [0.1, 0.15) is 18.2 Å². The standard InChI is InChI=1S/C11H20N4O2/c1-4-17-7-10-13-9(12)5-11(14-10)15(3)8(2)6-16/h5,8,16H,4,6-7H2,1-3H3,(H2,12,13,14). The number of likely N-dealkylation sites (N-methyl/N-ethyl adjacent to an activating group) is 1. The average Bonchev–Trinajstić information content (AvgIpc) is 2.33. The van der Waals surface area contributed by atoms with Crippen LogP contribution < -0.4 is 10.6 Å². The summed E-state index contributed by atoms with van der Waals surface area (Å²) in [5.74, 6) is 1.65. The number of nitrogen functional groups attached to an aromatic ring is 1. The lowest BCUT2D eigenvalue weighted by atomic mass is 10.3. The molecule has 0 amide bonds. The first-order valence-electron chi connectivity index (χ1n) is 5.63. The van der Waals surface area contributed by atoms with E-state index in [-0.39, 0.29) is 12.6 Å². The molecule has 1 aromatic heterocycles. The Bertz CT molecular complexity index is 359. The van der Waals surface area contributed by atoms with E-state index in [2.05, 4.69) is 9.97 Å². The Hall–Kier alpha value is -1.40. The van der Waals surface area contributed by atoms with E-state index >= 15 is 0 Å². The Balaban J connectivity index is 2.88. The van der Waals surface area contributed by atoms with Gasteiger partial charge < -0.3 is 20.5 Å². The monoisotopic (exact) mass is 240 g/mol. The van der Waals surface area contributed by atoms with Crippen molar-refractivity contribution in [3.05, 3.63) is 11.9 Å². The first kappa shape index (κ1) is 13.7. The lowest BCUT2D eigenvalue weighted by molar-refractivity contribution is 0.128. The highest BCUT2D eigenvalue weighted by Crippen LogP contribution is 2.15. The SMILES string of the molecule is CCOCc1nc(N)cc(N(C)C(C)CO)n1. The van der Waals surface area contributed by atoms with Crippen molar-refractivity contribution in [1.29, 1.82) is 0 Å². The molecule has 0 saturated carbocycles. The zero-order valence-electron chi connectivity index (χ0n) is 10.6. The van der Waals surface area contributed by atoms with Crippen LogP contribution in [0.5, 0.6) is 0 Å². The second-order valence-corrected chi connectivity index (χ2v) is 3.85. The van der Waals surface area contributed by atoms with Crippen LogP contribution in [0.25, 0.3) is 0 Å². The van der Waals surface area contributed by atoms with Crippen molar-refractivity contribution in [2.75, 3.05) is 30.9 Å². The van der Waals surface area contributed by atoms with Crippen LogP contribution in [0, 0.1) is 0 Å². The molecule has 3 N–H and O–H groups in total. The minimum atomic E-state index is -0.0238. The van der Waals surface area contributed by atoms with Gasteiger partial charge in [-0.2, -0.15) is 0 Å². The molecule has 1 unspecified atom stereocenters. The Labute approximate surface area is 101 Å². The number of aromatic nitrogens is 2. The number of hydrogen-bond donors (Lipinski definition) is 2. The summed E-state index contributed by atoms with van der Waals surface area (Å²) in [6.45, 7) is 4.82. The third-order valence-electron chi connectivity index (χ3n) is 2.50. The van der Waals surface area contributed by atoms with Crippen LogP contribution in [0.4, 0.5) is 11.6 Å². The summed E-state index contributed by atoms with van der Waals surface area (Å²) < 4.78 is 5.25. The van der Waals surface area contributed by atoms with Crippen molar-refractivity contribution in [2.24, 2.45) is 0 Å². The summed E-state index contributed by atoms with van der Waals surface area (Å²) in [6.07, 6.45) is 0. The second kappa shape index (κ2) is 6.36. The summed E-state index contributed by atoms with van der Waals surface area (Å²) >= 11 is 0. The van der Waals surface area contributed by atoms with Crippen molar-refractivity contribution < 1.29 is 9.84 Å². The third-order valence-corrected chi connectivity index (χ3v) is 2.50. The first-order chi connectivity index (χ1) is 8.08. The number of nitrogens with zero attached hydrogens (tertiary/aromatic N) is 3. The van der Waals surface area contributed by atoms with Gasteiger partial charge >= 0.3 is 0 Å². The van der Waals surface area contributed by atoms with Crippen LogP contribution in [0.15, 0.2) is 6.07 Å². The van der Waals surface area contributed by atoms with Crippen molar-refractivity contribution in [1.82, 2.24) is 9.97 Å². The third kappa shape index (κ3) is 3.83. The van der Waals surface area contributed by atoms with Gasteiger partial charge in [0.15, 0.2) is 5.82 Å². The zero-order chi connectivity index (χ0) is 12.8. The molecule has 1 atom stereocenters. The smallest absolute Gasteiger partial charge is 0.158 e. The van der Waals surface area contributed by atoms with Crippen LogP contribution in [-0.4, -0.2) is 41.4 Å². The number of hydrogen-bond acceptors (Lipinski definition) is 6. The molecule has 0 fully saturated rings. The highest BCUT2D eigenvalue weighted by molar-refractivity contribution is 5.47. The molecule has 0 bridgehead atoms. The van der Waals surface area contributed by atoms with Crippen LogP contribution in [0.1, 0.15) is 19.7 Å². The minimum absolute atomic E-state index is 0.0238. The van der Waals surface area contributed by atoms with Gasteiger partial charge in [0.05, 0.1) is 12.6 Å². The molecule has 1 rings (SSSR count). The molecular formula is C11H20N4O2. The molecule has 0 saturated heterocycles. The summed E-state index contributed by atoms with van der Waals surface area (Å²) in [4.78, 5) is 10.3. The van der Waals surface area contributed by atoms with Crippen molar-refractivity contribution in [2.45, 2.75) is 26.5 Å². The van der Waals surface area contributed by atoms with Crippen molar-refractivity contribution >= 4 is 11.6 Å². The van der Waals surface area contributed by atoms with Crippen LogP contribution >= 0.6 is 0 Å². The summed E-state index contributed by atoms with van der Waals surface area (Å²) in [5, 5.41) is 9.11. The predicted molar refractivity (Wildman–Crippen MR) is 66.7 cm³/mol. The molecule has 0 aliphatic rings. The number of nitrogens with two attached hydrogens (primary N) is 1. The fourth-order valence-electron chi connectivity index (χ4n) is 1.29. The molecular weight excluding hydrogens is 220 g/mol. The van der Waals surface area contributed by atoms with Crippen LogP contribution in [-0.2, 0) is 11.3 Å². The van der Waals surface area contributed by atoms with Gasteiger partial charge in [0.25, 0.3) is 0 Å². The molecule has 6 heteroatoms. The Morgan fingerprint density at radius 3 is 2.82 bits per heavy atom. The molecule has 0 radical (unpaired) electrons. The highest BCUT2D eigenvalue weighted by Gasteiger charge is 2.12. The van der Waals surface area contributed by atoms with Crippen LogP contribution in [0.3, 0.4) is 0 Å². The van der Waals surface area contributed by atoms with Crippen molar-refractivity contribution in [3.63, 3.8) is 0 Å². The largest absolute Gasteiger partial charge is 0.394 e. The number of aliphatic hydroxyl groups excluding tert-OH is 1. The molecule has 96 valence electrons. The predicted octanol–water partition coefficient (Wildman–Crippen LogP) is 0.412. The van der Waals surface area contributed by atoms with Crippen LogP contribution in [0.2, 0.25) is 0 Å². The number of aliphatic hydroxyl groups is 1. The maximum atomic E-state index is 9.11. The molecule has 1 aromatic rings. The number of rotatable bonds is 6. The fourth-order valence-corrected chi connectivity index (χ4v) is 1.29.